The minimum atomic E-state index is -0.0910. The van der Waals surface area contributed by atoms with Crippen LogP contribution in [0.1, 0.15) is 18.4 Å². The zero-order valence-electron chi connectivity index (χ0n) is 14.3. The maximum Gasteiger partial charge on any atom is 0.255 e. The van der Waals surface area contributed by atoms with Gasteiger partial charge in [-0.3, -0.25) is 9.69 Å². The van der Waals surface area contributed by atoms with Gasteiger partial charge in [-0.1, -0.05) is 36.4 Å². The molecule has 130 valence electrons. The summed E-state index contributed by atoms with van der Waals surface area (Å²) in [7, 11) is 0. The van der Waals surface area contributed by atoms with Crippen molar-refractivity contribution in [3.63, 3.8) is 0 Å². The highest BCUT2D eigenvalue weighted by Gasteiger charge is 2.17. The molecule has 0 unspecified atom stereocenters. The molecule has 4 heteroatoms. The van der Waals surface area contributed by atoms with Crippen LogP contribution in [0, 0.1) is 0 Å². The molecule has 0 spiro atoms. The third-order valence-electron chi connectivity index (χ3n) is 4.28. The van der Waals surface area contributed by atoms with Crippen LogP contribution in [0.4, 0.5) is 5.69 Å². The van der Waals surface area contributed by atoms with Crippen LogP contribution in [0.15, 0.2) is 78.5 Å². The van der Waals surface area contributed by atoms with Gasteiger partial charge < -0.3 is 9.47 Å². The van der Waals surface area contributed by atoms with E-state index in [4.69, 9.17) is 9.47 Å². The standard InChI is InChI=1S/C22H19NO3/c24-22(14-12-17-11-13-20-21(15-17)26-16-25-20)23(18-7-3-1-4-8-18)19-9-5-2-6-10-19/h1,3-5,7-15H,2,6,16H2/b14-12+. The quantitative estimate of drug-likeness (QED) is 0.754. The summed E-state index contributed by atoms with van der Waals surface area (Å²) < 4.78 is 10.7. The fraction of sp³-hybridized carbons (Fsp3) is 0.136. The first kappa shape index (κ1) is 16.2. The number of carbonyl (C=O) groups excluding carboxylic acids is 1. The van der Waals surface area contributed by atoms with Gasteiger partial charge in [0.25, 0.3) is 5.91 Å². The molecule has 1 aliphatic heterocycles. The summed E-state index contributed by atoms with van der Waals surface area (Å²) in [6.07, 6.45) is 11.5. The number of nitrogens with zero attached hydrogens (tertiary/aromatic N) is 1. The summed E-state index contributed by atoms with van der Waals surface area (Å²) in [6, 6.07) is 15.3. The van der Waals surface area contributed by atoms with Gasteiger partial charge in [-0.05, 0) is 54.8 Å². The van der Waals surface area contributed by atoms with Crippen molar-refractivity contribution in [1.29, 1.82) is 0 Å². The average molecular weight is 345 g/mol. The van der Waals surface area contributed by atoms with Gasteiger partial charge in [0, 0.05) is 17.5 Å². The van der Waals surface area contributed by atoms with Crippen molar-refractivity contribution in [2.75, 3.05) is 11.7 Å². The number of anilines is 1. The van der Waals surface area contributed by atoms with E-state index in [-0.39, 0.29) is 12.7 Å². The second kappa shape index (κ2) is 7.31. The Morgan fingerprint density at radius 2 is 1.85 bits per heavy atom. The number of carbonyl (C=O) groups is 1. The SMILES string of the molecule is O=C(/C=C/c1ccc2c(c1)OCO2)N(C1=CCCC=C1)c1ccccc1. The first-order valence-electron chi connectivity index (χ1n) is 8.65. The zero-order valence-corrected chi connectivity index (χ0v) is 14.3. The van der Waals surface area contributed by atoms with Crippen molar-refractivity contribution in [2.45, 2.75) is 12.8 Å². The predicted octanol–water partition coefficient (Wildman–Crippen LogP) is 4.70. The van der Waals surface area contributed by atoms with E-state index in [0.717, 1.165) is 35.5 Å². The summed E-state index contributed by atoms with van der Waals surface area (Å²) in [4.78, 5) is 14.7. The van der Waals surface area contributed by atoms with Crippen molar-refractivity contribution in [3.8, 4) is 11.5 Å². The number of para-hydroxylation sites is 1. The van der Waals surface area contributed by atoms with Crippen LogP contribution in [0.25, 0.3) is 6.08 Å². The minimum Gasteiger partial charge on any atom is -0.454 e. The molecule has 0 atom stereocenters. The first-order chi connectivity index (χ1) is 12.8. The lowest BCUT2D eigenvalue weighted by Gasteiger charge is -2.24. The Labute approximate surface area is 152 Å². The molecule has 0 radical (unpaired) electrons. The smallest absolute Gasteiger partial charge is 0.255 e. The molecule has 0 saturated heterocycles. The van der Waals surface area contributed by atoms with Crippen molar-refractivity contribution >= 4 is 17.7 Å². The van der Waals surface area contributed by atoms with Gasteiger partial charge in [-0.15, -0.1) is 0 Å². The highest BCUT2D eigenvalue weighted by molar-refractivity contribution is 6.06. The highest BCUT2D eigenvalue weighted by Crippen LogP contribution is 2.33. The first-order valence-corrected chi connectivity index (χ1v) is 8.65. The molecule has 4 rings (SSSR count). The molecule has 1 amide bonds. The fourth-order valence-corrected chi connectivity index (χ4v) is 3.00. The highest BCUT2D eigenvalue weighted by atomic mass is 16.7. The van der Waals surface area contributed by atoms with E-state index in [2.05, 4.69) is 12.2 Å². The van der Waals surface area contributed by atoms with Gasteiger partial charge >= 0.3 is 0 Å². The number of benzene rings is 2. The molecule has 2 aliphatic rings. The Bertz CT molecular complexity index is 897. The normalized spacial score (nSPS) is 15.2. The Kier molecular flexibility index (Phi) is 4.56. The van der Waals surface area contributed by atoms with Crippen molar-refractivity contribution < 1.29 is 14.3 Å². The van der Waals surface area contributed by atoms with Crippen molar-refractivity contribution in [3.05, 3.63) is 84.1 Å². The number of rotatable bonds is 4. The van der Waals surface area contributed by atoms with Crippen LogP contribution in [0.2, 0.25) is 0 Å². The van der Waals surface area contributed by atoms with Crippen LogP contribution in [0.3, 0.4) is 0 Å². The van der Waals surface area contributed by atoms with Crippen molar-refractivity contribution in [2.24, 2.45) is 0 Å². The fourth-order valence-electron chi connectivity index (χ4n) is 3.00. The summed E-state index contributed by atoms with van der Waals surface area (Å²) in [5.41, 5.74) is 2.65. The third kappa shape index (κ3) is 3.40. The lowest BCUT2D eigenvalue weighted by molar-refractivity contribution is -0.113. The maximum absolute atomic E-state index is 13.0. The second-order valence-corrected chi connectivity index (χ2v) is 6.06. The van der Waals surface area contributed by atoms with Gasteiger partial charge in [0.1, 0.15) is 0 Å². The van der Waals surface area contributed by atoms with Gasteiger partial charge in [-0.2, -0.15) is 0 Å². The number of ether oxygens (including phenoxy) is 2. The topological polar surface area (TPSA) is 38.8 Å². The monoisotopic (exact) mass is 345 g/mol. The van der Waals surface area contributed by atoms with Gasteiger partial charge in [0.15, 0.2) is 11.5 Å². The summed E-state index contributed by atoms with van der Waals surface area (Å²) in [6.45, 7) is 0.240. The van der Waals surface area contributed by atoms with Crippen LogP contribution in [0.5, 0.6) is 11.5 Å². The van der Waals surface area contributed by atoms with E-state index in [0.29, 0.717) is 5.75 Å². The molecule has 1 aliphatic carbocycles. The second-order valence-electron chi connectivity index (χ2n) is 6.06. The van der Waals surface area contributed by atoms with Crippen LogP contribution < -0.4 is 14.4 Å². The molecule has 0 aromatic heterocycles. The molecule has 26 heavy (non-hydrogen) atoms. The third-order valence-corrected chi connectivity index (χ3v) is 4.28. The van der Waals surface area contributed by atoms with E-state index >= 15 is 0 Å². The molecule has 0 fully saturated rings. The van der Waals surface area contributed by atoms with Crippen LogP contribution in [-0.4, -0.2) is 12.7 Å². The van der Waals surface area contributed by atoms with Crippen LogP contribution in [-0.2, 0) is 4.79 Å². The summed E-state index contributed by atoms with van der Waals surface area (Å²) in [5, 5.41) is 0. The summed E-state index contributed by atoms with van der Waals surface area (Å²) in [5.74, 6) is 1.35. The lowest BCUT2D eigenvalue weighted by atomic mass is 10.1. The van der Waals surface area contributed by atoms with Gasteiger partial charge in [0.05, 0.1) is 0 Å². The number of hydrogen-bond acceptors (Lipinski definition) is 3. The number of fused-ring (bicyclic) bond motifs is 1. The van der Waals surface area contributed by atoms with E-state index < -0.39 is 0 Å². The zero-order chi connectivity index (χ0) is 17.8. The van der Waals surface area contributed by atoms with Crippen LogP contribution >= 0.6 is 0 Å². The maximum atomic E-state index is 13.0. The van der Waals surface area contributed by atoms with E-state index in [1.807, 2.05) is 54.6 Å². The largest absolute Gasteiger partial charge is 0.454 e. The van der Waals surface area contributed by atoms with Gasteiger partial charge in [-0.25, -0.2) is 0 Å². The number of hydrogen-bond donors (Lipinski definition) is 0. The Balaban J connectivity index is 1.60. The number of allylic oxidation sites excluding steroid dienone is 3. The predicted molar refractivity (Wildman–Crippen MR) is 102 cm³/mol. The molecule has 0 bridgehead atoms. The molecular weight excluding hydrogens is 326 g/mol. The van der Waals surface area contributed by atoms with Gasteiger partial charge in [0.2, 0.25) is 6.79 Å². The van der Waals surface area contributed by atoms with Crippen molar-refractivity contribution in [1.82, 2.24) is 0 Å². The lowest BCUT2D eigenvalue weighted by Crippen LogP contribution is -2.28. The average Bonchev–Trinajstić information content (AvgIpc) is 3.16. The molecule has 2 aromatic carbocycles. The molecule has 2 aromatic rings. The van der Waals surface area contributed by atoms with E-state index in [1.165, 1.54) is 0 Å². The molecule has 0 N–H and O–H groups in total. The minimum absolute atomic E-state index is 0.0910. The Morgan fingerprint density at radius 3 is 2.65 bits per heavy atom. The molecule has 1 heterocycles. The summed E-state index contributed by atoms with van der Waals surface area (Å²) >= 11 is 0. The van der Waals surface area contributed by atoms with E-state index in [9.17, 15) is 4.79 Å². The Hall–Kier alpha value is -3.27. The number of amides is 1. The molecular formula is C22H19NO3. The Morgan fingerprint density at radius 1 is 1.00 bits per heavy atom. The molecule has 4 nitrogen and oxygen atoms in total. The molecule has 0 saturated carbocycles. The van der Waals surface area contributed by atoms with E-state index in [1.54, 1.807) is 17.1 Å².